The maximum absolute atomic E-state index is 13.5. The summed E-state index contributed by atoms with van der Waals surface area (Å²) in [6.45, 7) is 2.79. The molecule has 1 aliphatic carbocycles. The number of fused-ring (bicyclic) bond motifs is 2. The van der Waals surface area contributed by atoms with Gasteiger partial charge < -0.3 is 15.0 Å². The van der Waals surface area contributed by atoms with Gasteiger partial charge in [0.05, 0.1) is 5.92 Å². The fourth-order valence-electron chi connectivity index (χ4n) is 6.26. The summed E-state index contributed by atoms with van der Waals surface area (Å²) >= 11 is 0. The van der Waals surface area contributed by atoms with Crippen LogP contribution in [0.4, 0.5) is 4.39 Å². The predicted octanol–water partition coefficient (Wildman–Crippen LogP) is 5.96. The Hall–Kier alpha value is -3.15. The Kier molecular flexibility index (Phi) is 6.15. The van der Waals surface area contributed by atoms with Crippen molar-refractivity contribution >= 4 is 22.8 Å². The fourth-order valence-corrected chi connectivity index (χ4v) is 6.26. The van der Waals surface area contributed by atoms with Crippen molar-refractivity contribution in [1.82, 2.24) is 9.88 Å². The number of halogens is 1. The summed E-state index contributed by atoms with van der Waals surface area (Å²) in [6, 6.07) is 12.6. The van der Waals surface area contributed by atoms with E-state index in [9.17, 15) is 19.1 Å². The number of hydrogen-bond acceptors (Lipinski definition) is 2. The molecule has 1 aliphatic heterocycles. The van der Waals surface area contributed by atoms with E-state index in [1.165, 1.54) is 12.1 Å². The number of nitrogens with one attached hydrogen (secondary N) is 1. The van der Waals surface area contributed by atoms with Crippen LogP contribution >= 0.6 is 0 Å². The highest BCUT2D eigenvalue weighted by Gasteiger charge is 2.43. The smallest absolute Gasteiger partial charge is 0.306 e. The molecule has 6 heteroatoms. The highest BCUT2D eigenvalue weighted by atomic mass is 19.1. The van der Waals surface area contributed by atoms with Crippen LogP contribution in [-0.2, 0) is 9.59 Å². The van der Waals surface area contributed by atoms with Crippen molar-refractivity contribution in [2.75, 3.05) is 6.54 Å². The first-order valence-electron chi connectivity index (χ1n) is 12.3. The zero-order valence-electron chi connectivity index (χ0n) is 19.5. The molecular formula is C28H31FN2O3. The van der Waals surface area contributed by atoms with E-state index >= 15 is 0 Å². The van der Waals surface area contributed by atoms with E-state index in [0.717, 1.165) is 59.7 Å². The lowest BCUT2D eigenvalue weighted by Gasteiger charge is -2.46. The van der Waals surface area contributed by atoms with Gasteiger partial charge in [0.25, 0.3) is 0 Å². The second kappa shape index (κ2) is 9.24. The van der Waals surface area contributed by atoms with Crippen LogP contribution in [0.3, 0.4) is 0 Å². The number of carbonyl (C=O) groups excluding carboxylic acids is 1. The number of benzene rings is 2. The summed E-state index contributed by atoms with van der Waals surface area (Å²) in [6.07, 6.45) is 6.60. The zero-order chi connectivity index (χ0) is 23.8. The third-order valence-electron chi connectivity index (χ3n) is 7.90. The normalized spacial score (nSPS) is 23.5. The van der Waals surface area contributed by atoms with Crippen molar-refractivity contribution in [1.29, 1.82) is 0 Å². The maximum atomic E-state index is 13.5. The molecular weight excluding hydrogens is 431 g/mol. The lowest BCUT2D eigenvalue weighted by molar-refractivity contribution is -0.152. The number of carbonyl (C=O) groups is 2. The fraction of sp³-hybridized carbons (Fsp3) is 0.429. The first-order valence-corrected chi connectivity index (χ1v) is 12.3. The van der Waals surface area contributed by atoms with Crippen molar-refractivity contribution in [3.05, 3.63) is 60.0 Å². The molecule has 1 saturated heterocycles. The molecule has 3 aromatic rings. The van der Waals surface area contributed by atoms with Crippen molar-refractivity contribution in [2.24, 2.45) is 11.8 Å². The summed E-state index contributed by atoms with van der Waals surface area (Å²) in [5.41, 5.74) is 4.02. The molecule has 2 aromatic carbocycles. The molecule has 1 aromatic heterocycles. The van der Waals surface area contributed by atoms with Gasteiger partial charge in [-0.05, 0) is 72.4 Å². The van der Waals surface area contributed by atoms with Crippen LogP contribution < -0.4 is 0 Å². The van der Waals surface area contributed by atoms with Gasteiger partial charge in [-0.1, -0.05) is 37.6 Å². The van der Waals surface area contributed by atoms with Crippen molar-refractivity contribution in [3.8, 4) is 11.1 Å². The molecule has 4 atom stereocenters. The summed E-state index contributed by atoms with van der Waals surface area (Å²) in [4.78, 5) is 30.6. The number of H-pyrrole nitrogens is 1. The van der Waals surface area contributed by atoms with E-state index in [-0.39, 0.29) is 35.5 Å². The number of carboxylic acids is 1. The molecule has 34 heavy (non-hydrogen) atoms. The number of nitrogens with zero attached hydrogens (tertiary/aromatic N) is 1. The van der Waals surface area contributed by atoms with Crippen LogP contribution in [0, 0.1) is 17.7 Å². The standard InChI is InChI=1S/C28H31FN2O3/c1-17(15-26(32)31-14-4-7-21-22(28(33)34)6-3-9-25(21)31)23-16-30-24-8-2-5-20(27(23)24)18-10-12-19(29)13-11-18/h2,5,8,10-13,16-17,21-22,25,30H,3-4,6-7,9,14-15H2,1H3,(H,33,34). The Morgan fingerprint density at radius 1 is 1.12 bits per heavy atom. The van der Waals surface area contributed by atoms with Gasteiger partial charge >= 0.3 is 5.97 Å². The van der Waals surface area contributed by atoms with Gasteiger partial charge in [0.15, 0.2) is 0 Å². The average Bonchev–Trinajstić information content (AvgIpc) is 3.28. The van der Waals surface area contributed by atoms with Crippen molar-refractivity contribution < 1.29 is 19.1 Å². The molecule has 5 rings (SSSR count). The van der Waals surface area contributed by atoms with Crippen LogP contribution in [0.5, 0.6) is 0 Å². The topological polar surface area (TPSA) is 73.4 Å². The SMILES string of the molecule is CC(CC(=O)N1CCCC2C(C(=O)O)CCCC21)c1c[nH]c2cccc(-c3ccc(F)cc3)c12. The van der Waals surface area contributed by atoms with Crippen LogP contribution in [0.2, 0.25) is 0 Å². The van der Waals surface area contributed by atoms with E-state index in [4.69, 9.17) is 0 Å². The van der Waals surface area contributed by atoms with Crippen LogP contribution in [0.15, 0.2) is 48.7 Å². The van der Waals surface area contributed by atoms with E-state index < -0.39 is 5.97 Å². The third-order valence-corrected chi connectivity index (χ3v) is 7.90. The molecule has 2 fully saturated rings. The lowest BCUT2D eigenvalue weighted by Crippen LogP contribution is -2.53. The van der Waals surface area contributed by atoms with Gasteiger partial charge in [-0.25, -0.2) is 4.39 Å². The predicted molar refractivity (Wildman–Crippen MR) is 130 cm³/mol. The van der Waals surface area contributed by atoms with Gasteiger partial charge in [0, 0.05) is 36.1 Å². The number of aromatic amines is 1. The minimum Gasteiger partial charge on any atom is -0.481 e. The number of carboxylic acid groups (broad SMARTS) is 1. The molecule has 4 unspecified atom stereocenters. The van der Waals surface area contributed by atoms with E-state index in [2.05, 4.69) is 11.9 Å². The third kappa shape index (κ3) is 4.10. The number of amides is 1. The molecule has 1 amide bonds. The molecule has 2 aliphatic rings. The van der Waals surface area contributed by atoms with Crippen molar-refractivity contribution in [3.63, 3.8) is 0 Å². The Morgan fingerprint density at radius 2 is 1.91 bits per heavy atom. The second-order valence-electron chi connectivity index (χ2n) is 9.92. The number of piperidine rings is 1. The monoisotopic (exact) mass is 462 g/mol. The Morgan fingerprint density at radius 3 is 2.68 bits per heavy atom. The highest BCUT2D eigenvalue weighted by molar-refractivity contribution is 5.98. The van der Waals surface area contributed by atoms with Gasteiger partial charge in [0.1, 0.15) is 5.82 Å². The van der Waals surface area contributed by atoms with Gasteiger partial charge in [-0.3, -0.25) is 9.59 Å². The average molecular weight is 463 g/mol. The minimum absolute atomic E-state index is 0.0120. The first-order chi connectivity index (χ1) is 16.4. The summed E-state index contributed by atoms with van der Waals surface area (Å²) in [5, 5.41) is 10.7. The van der Waals surface area contributed by atoms with Crippen LogP contribution in [-0.4, -0.2) is 39.5 Å². The zero-order valence-corrected chi connectivity index (χ0v) is 19.5. The van der Waals surface area contributed by atoms with E-state index in [1.807, 2.05) is 29.3 Å². The Bertz CT molecular complexity index is 1200. The van der Waals surface area contributed by atoms with Gasteiger partial charge in [-0.2, -0.15) is 0 Å². The number of aliphatic carboxylic acids is 1. The quantitative estimate of drug-likeness (QED) is 0.491. The number of rotatable bonds is 5. The van der Waals surface area contributed by atoms with Crippen LogP contribution in [0.25, 0.3) is 22.0 Å². The first kappa shape index (κ1) is 22.6. The Labute approximate surface area is 199 Å². The summed E-state index contributed by atoms with van der Waals surface area (Å²) in [7, 11) is 0. The maximum Gasteiger partial charge on any atom is 0.306 e. The lowest BCUT2D eigenvalue weighted by atomic mass is 9.71. The van der Waals surface area contributed by atoms with E-state index in [0.29, 0.717) is 13.0 Å². The number of aromatic nitrogens is 1. The molecule has 0 radical (unpaired) electrons. The Balaban J connectivity index is 1.40. The number of likely N-dealkylation sites (tertiary alicyclic amines) is 1. The van der Waals surface area contributed by atoms with Gasteiger partial charge in [-0.15, -0.1) is 0 Å². The second-order valence-corrected chi connectivity index (χ2v) is 9.92. The van der Waals surface area contributed by atoms with Crippen LogP contribution in [0.1, 0.15) is 56.9 Å². The van der Waals surface area contributed by atoms with E-state index in [1.54, 1.807) is 12.1 Å². The van der Waals surface area contributed by atoms with Gasteiger partial charge in [0.2, 0.25) is 5.91 Å². The number of hydrogen-bond donors (Lipinski definition) is 2. The molecule has 0 bridgehead atoms. The minimum atomic E-state index is -0.718. The molecule has 2 heterocycles. The summed E-state index contributed by atoms with van der Waals surface area (Å²) < 4.78 is 13.5. The molecule has 0 spiro atoms. The molecule has 178 valence electrons. The highest BCUT2D eigenvalue weighted by Crippen LogP contribution is 2.41. The molecule has 2 N–H and O–H groups in total. The van der Waals surface area contributed by atoms with Crippen molar-refractivity contribution in [2.45, 2.75) is 57.4 Å². The molecule has 5 nitrogen and oxygen atoms in total. The largest absolute Gasteiger partial charge is 0.481 e. The molecule has 1 saturated carbocycles. The summed E-state index contributed by atoms with van der Waals surface area (Å²) in [5.74, 6) is -1.15.